The molecule has 0 aromatic heterocycles. The van der Waals surface area contributed by atoms with Crippen LogP contribution in [0.1, 0.15) is 5.56 Å². The number of rotatable bonds is 7. The highest BCUT2D eigenvalue weighted by Gasteiger charge is 2.36. The number of hydrogen-bond donors (Lipinski definition) is 2. The van der Waals surface area contributed by atoms with Crippen LogP contribution in [0.25, 0.3) is 0 Å². The lowest BCUT2D eigenvalue weighted by Gasteiger charge is -2.26. The highest BCUT2D eigenvalue weighted by atomic mass is 19.4. The second-order valence-electron chi connectivity index (χ2n) is 5.48. The standard InChI is InChI=1S/C11H13F3N2O4.C6H5NO2/c12-11(13,14)9-7-8(16(19)20)1-2-10(9)15(3-5-17)4-6-18;8-7(9)6-4-2-1-3-5-6/h1-2,7,17-18H,3-6H2;1-5H. The van der Waals surface area contributed by atoms with Crippen LogP contribution in [-0.2, 0) is 6.18 Å². The van der Waals surface area contributed by atoms with Crippen LogP contribution in [0, 0.1) is 20.2 Å². The average molecular weight is 417 g/mol. The van der Waals surface area contributed by atoms with E-state index >= 15 is 0 Å². The lowest BCUT2D eigenvalue weighted by atomic mass is 10.1. The van der Waals surface area contributed by atoms with Crippen LogP contribution in [0.15, 0.2) is 48.5 Å². The van der Waals surface area contributed by atoms with Gasteiger partial charge in [0.1, 0.15) is 0 Å². The number of nitro benzene ring substituents is 2. The summed E-state index contributed by atoms with van der Waals surface area (Å²) in [4.78, 5) is 20.3. The van der Waals surface area contributed by atoms with Crippen molar-refractivity contribution in [3.8, 4) is 0 Å². The van der Waals surface area contributed by atoms with E-state index in [0.29, 0.717) is 6.07 Å². The van der Waals surface area contributed by atoms with Crippen molar-refractivity contribution < 1.29 is 33.2 Å². The van der Waals surface area contributed by atoms with Crippen LogP contribution < -0.4 is 4.90 Å². The maximum absolute atomic E-state index is 13.0. The summed E-state index contributed by atoms with van der Waals surface area (Å²) in [6.45, 7) is -1.06. The Hall–Kier alpha value is -3.25. The third-order valence-corrected chi connectivity index (χ3v) is 3.54. The fraction of sp³-hybridized carbons (Fsp3) is 0.294. The topological polar surface area (TPSA) is 130 Å². The maximum atomic E-state index is 13.0. The monoisotopic (exact) mass is 417 g/mol. The minimum absolute atomic E-state index is 0.124. The van der Waals surface area contributed by atoms with Crippen LogP contribution >= 0.6 is 0 Å². The fourth-order valence-electron chi connectivity index (χ4n) is 2.28. The second-order valence-corrected chi connectivity index (χ2v) is 5.48. The molecule has 0 bridgehead atoms. The van der Waals surface area contributed by atoms with Crippen molar-refractivity contribution in [2.75, 3.05) is 31.2 Å². The first-order valence-electron chi connectivity index (χ1n) is 8.13. The highest BCUT2D eigenvalue weighted by Crippen LogP contribution is 2.38. The lowest BCUT2D eigenvalue weighted by molar-refractivity contribution is -0.385. The Morgan fingerprint density at radius 2 is 1.38 bits per heavy atom. The van der Waals surface area contributed by atoms with Gasteiger partial charge in [0.15, 0.2) is 0 Å². The van der Waals surface area contributed by atoms with Gasteiger partial charge in [0, 0.05) is 43.0 Å². The summed E-state index contributed by atoms with van der Waals surface area (Å²) in [5.74, 6) is 0. The molecule has 0 aliphatic rings. The zero-order chi connectivity index (χ0) is 22.0. The molecule has 2 aromatic rings. The van der Waals surface area contributed by atoms with Gasteiger partial charge in [-0.1, -0.05) is 18.2 Å². The van der Waals surface area contributed by atoms with Crippen LogP contribution in [0.5, 0.6) is 0 Å². The maximum Gasteiger partial charge on any atom is 0.418 e. The summed E-state index contributed by atoms with van der Waals surface area (Å²) in [5.41, 5.74) is -2.02. The zero-order valence-electron chi connectivity index (χ0n) is 15.0. The normalized spacial score (nSPS) is 10.7. The number of aliphatic hydroxyl groups excluding tert-OH is 2. The molecular formula is C17H18F3N3O6. The van der Waals surface area contributed by atoms with E-state index in [4.69, 9.17) is 10.2 Å². The van der Waals surface area contributed by atoms with Crippen LogP contribution in [0.3, 0.4) is 0 Å². The Labute approximate surface area is 162 Å². The number of non-ortho nitro benzene ring substituents is 2. The first-order chi connectivity index (χ1) is 13.6. The van der Waals surface area contributed by atoms with E-state index in [0.717, 1.165) is 17.0 Å². The first-order valence-corrected chi connectivity index (χ1v) is 8.13. The molecule has 158 valence electrons. The molecule has 0 fully saturated rings. The van der Waals surface area contributed by atoms with Crippen molar-refractivity contribution in [2.45, 2.75) is 6.18 Å². The molecule has 12 heteroatoms. The number of para-hydroxylation sites is 1. The molecule has 0 aliphatic carbocycles. The van der Waals surface area contributed by atoms with E-state index < -0.39 is 40.5 Å². The summed E-state index contributed by atoms with van der Waals surface area (Å²) >= 11 is 0. The second kappa shape index (κ2) is 10.9. The molecule has 0 saturated heterocycles. The molecule has 0 heterocycles. The summed E-state index contributed by atoms with van der Waals surface area (Å²) in [7, 11) is 0. The Morgan fingerprint density at radius 3 is 1.76 bits per heavy atom. The average Bonchev–Trinajstić information content (AvgIpc) is 2.68. The van der Waals surface area contributed by atoms with E-state index in [-0.39, 0.29) is 24.5 Å². The molecule has 0 unspecified atom stereocenters. The summed E-state index contributed by atoms with van der Waals surface area (Å²) in [6.07, 6.45) is -4.77. The van der Waals surface area contributed by atoms with Crippen molar-refractivity contribution in [3.63, 3.8) is 0 Å². The molecule has 0 saturated carbocycles. The predicted octanol–water partition coefficient (Wildman–Crippen LogP) is 3.00. The minimum Gasteiger partial charge on any atom is -0.395 e. The van der Waals surface area contributed by atoms with Gasteiger partial charge in [-0.2, -0.15) is 13.2 Å². The third-order valence-electron chi connectivity index (χ3n) is 3.54. The number of nitrogens with zero attached hydrogens (tertiary/aromatic N) is 3. The van der Waals surface area contributed by atoms with E-state index in [1.165, 1.54) is 12.1 Å². The number of anilines is 1. The van der Waals surface area contributed by atoms with Crippen LogP contribution in [0.2, 0.25) is 0 Å². The lowest BCUT2D eigenvalue weighted by Crippen LogP contribution is -2.31. The van der Waals surface area contributed by atoms with E-state index in [1.807, 2.05) is 0 Å². The van der Waals surface area contributed by atoms with Gasteiger partial charge in [-0.3, -0.25) is 20.2 Å². The van der Waals surface area contributed by atoms with Gasteiger partial charge >= 0.3 is 6.18 Å². The van der Waals surface area contributed by atoms with Gasteiger partial charge in [0.25, 0.3) is 11.4 Å². The molecule has 0 radical (unpaired) electrons. The Bertz CT molecular complexity index is 812. The molecular weight excluding hydrogens is 399 g/mol. The number of nitro groups is 2. The van der Waals surface area contributed by atoms with Crippen molar-refractivity contribution in [2.24, 2.45) is 0 Å². The number of aliphatic hydroxyl groups is 2. The molecule has 0 aliphatic heterocycles. The Balaban J connectivity index is 0.000000387. The van der Waals surface area contributed by atoms with Gasteiger partial charge in [-0.25, -0.2) is 0 Å². The van der Waals surface area contributed by atoms with Crippen molar-refractivity contribution in [1.29, 1.82) is 0 Å². The van der Waals surface area contributed by atoms with E-state index in [1.54, 1.807) is 18.2 Å². The number of benzene rings is 2. The SMILES string of the molecule is O=[N+]([O-])c1ccc(N(CCO)CCO)c(C(F)(F)F)c1.O=[N+]([O-])c1ccccc1. The van der Waals surface area contributed by atoms with Gasteiger partial charge in [-0.05, 0) is 6.07 Å². The van der Waals surface area contributed by atoms with Gasteiger partial charge in [0.05, 0.1) is 28.6 Å². The Kier molecular flexibility index (Phi) is 8.96. The number of hydrogen-bond acceptors (Lipinski definition) is 7. The molecule has 9 nitrogen and oxygen atoms in total. The summed E-state index contributed by atoms with van der Waals surface area (Å²) in [6, 6.07) is 10.3. The molecule has 0 amide bonds. The molecule has 0 atom stereocenters. The molecule has 2 rings (SSSR count). The van der Waals surface area contributed by atoms with Crippen LogP contribution in [-0.4, -0.2) is 46.4 Å². The Morgan fingerprint density at radius 1 is 0.862 bits per heavy atom. The zero-order valence-corrected chi connectivity index (χ0v) is 15.0. The molecule has 2 aromatic carbocycles. The quantitative estimate of drug-likeness (QED) is 0.523. The third kappa shape index (κ3) is 7.35. The number of halogens is 3. The van der Waals surface area contributed by atoms with Gasteiger partial charge < -0.3 is 15.1 Å². The summed E-state index contributed by atoms with van der Waals surface area (Å²) in [5, 5.41) is 38.3. The molecule has 2 N–H and O–H groups in total. The smallest absolute Gasteiger partial charge is 0.395 e. The highest BCUT2D eigenvalue weighted by molar-refractivity contribution is 5.59. The number of alkyl halides is 3. The van der Waals surface area contributed by atoms with E-state index in [2.05, 4.69) is 0 Å². The van der Waals surface area contributed by atoms with Gasteiger partial charge in [0.2, 0.25) is 0 Å². The van der Waals surface area contributed by atoms with Crippen molar-refractivity contribution in [3.05, 3.63) is 74.3 Å². The largest absolute Gasteiger partial charge is 0.418 e. The van der Waals surface area contributed by atoms with E-state index in [9.17, 15) is 33.4 Å². The van der Waals surface area contributed by atoms with Crippen molar-refractivity contribution in [1.82, 2.24) is 0 Å². The first kappa shape index (κ1) is 23.8. The van der Waals surface area contributed by atoms with Crippen molar-refractivity contribution >= 4 is 17.1 Å². The van der Waals surface area contributed by atoms with Crippen LogP contribution in [0.4, 0.5) is 30.2 Å². The minimum atomic E-state index is -4.77. The molecule has 29 heavy (non-hydrogen) atoms. The fourth-order valence-corrected chi connectivity index (χ4v) is 2.28. The predicted molar refractivity (Wildman–Crippen MR) is 97.6 cm³/mol. The summed E-state index contributed by atoms with van der Waals surface area (Å²) < 4.78 is 38.9. The van der Waals surface area contributed by atoms with Gasteiger partial charge in [-0.15, -0.1) is 0 Å². The molecule has 0 spiro atoms.